The molecule has 1 aromatic heterocycles. The van der Waals surface area contributed by atoms with Gasteiger partial charge in [-0.1, -0.05) is 36.4 Å². The molecule has 0 atom stereocenters. The monoisotopic (exact) mass is 356 g/mol. The lowest BCUT2D eigenvalue weighted by atomic mass is 10.2. The first-order chi connectivity index (χ1) is 13.2. The quantitative estimate of drug-likeness (QED) is 0.475. The molecular weight excluding hydrogens is 340 g/mol. The SMILES string of the molecule is O=C(O)c1cccc(Nc2nc(Nc3ccccc3)c3ccccc3n2)c1. The van der Waals surface area contributed by atoms with Crippen LogP contribution in [0.3, 0.4) is 0 Å². The van der Waals surface area contributed by atoms with E-state index in [1.54, 1.807) is 18.2 Å². The van der Waals surface area contributed by atoms with E-state index in [4.69, 9.17) is 5.11 Å². The van der Waals surface area contributed by atoms with E-state index in [9.17, 15) is 4.79 Å². The molecule has 3 N–H and O–H groups in total. The van der Waals surface area contributed by atoms with Gasteiger partial charge in [0.15, 0.2) is 0 Å². The Balaban J connectivity index is 1.73. The van der Waals surface area contributed by atoms with E-state index in [-0.39, 0.29) is 5.56 Å². The number of nitrogens with zero attached hydrogens (tertiary/aromatic N) is 2. The molecule has 4 rings (SSSR count). The average molecular weight is 356 g/mol. The molecule has 0 saturated carbocycles. The van der Waals surface area contributed by atoms with Crippen LogP contribution in [0.5, 0.6) is 0 Å². The molecule has 0 aliphatic rings. The maximum absolute atomic E-state index is 11.2. The normalized spacial score (nSPS) is 10.5. The van der Waals surface area contributed by atoms with Gasteiger partial charge in [-0.05, 0) is 42.5 Å². The molecule has 0 aliphatic heterocycles. The molecule has 3 aromatic carbocycles. The zero-order valence-corrected chi connectivity index (χ0v) is 14.3. The minimum absolute atomic E-state index is 0.198. The average Bonchev–Trinajstić information content (AvgIpc) is 2.69. The lowest BCUT2D eigenvalue weighted by molar-refractivity contribution is 0.0697. The van der Waals surface area contributed by atoms with Crippen LogP contribution in [0.2, 0.25) is 0 Å². The van der Waals surface area contributed by atoms with Crippen LogP contribution in [-0.2, 0) is 0 Å². The first-order valence-electron chi connectivity index (χ1n) is 8.38. The van der Waals surface area contributed by atoms with Crippen LogP contribution in [0.25, 0.3) is 10.9 Å². The Bertz CT molecular complexity index is 1110. The number of aromatic carboxylic acids is 1. The first kappa shape index (κ1) is 16.5. The number of carbonyl (C=O) groups is 1. The fraction of sp³-hybridized carbons (Fsp3) is 0. The summed E-state index contributed by atoms with van der Waals surface area (Å²) >= 11 is 0. The molecule has 0 saturated heterocycles. The predicted octanol–water partition coefficient (Wildman–Crippen LogP) is 4.82. The number of nitrogens with one attached hydrogen (secondary N) is 2. The predicted molar refractivity (Wildman–Crippen MR) is 106 cm³/mol. The van der Waals surface area contributed by atoms with Gasteiger partial charge < -0.3 is 15.7 Å². The van der Waals surface area contributed by atoms with Crippen LogP contribution in [0.1, 0.15) is 10.4 Å². The second kappa shape index (κ2) is 7.13. The van der Waals surface area contributed by atoms with E-state index in [1.807, 2.05) is 54.6 Å². The molecule has 1 heterocycles. The van der Waals surface area contributed by atoms with Crippen LogP contribution in [0.4, 0.5) is 23.1 Å². The largest absolute Gasteiger partial charge is 0.478 e. The summed E-state index contributed by atoms with van der Waals surface area (Å²) in [6.07, 6.45) is 0. The number of anilines is 4. The summed E-state index contributed by atoms with van der Waals surface area (Å²) in [6.45, 7) is 0. The summed E-state index contributed by atoms with van der Waals surface area (Å²) in [6, 6.07) is 24.0. The maximum atomic E-state index is 11.2. The van der Waals surface area contributed by atoms with Crippen LogP contribution < -0.4 is 10.6 Å². The Labute approximate surface area is 155 Å². The third kappa shape index (κ3) is 3.69. The Hall–Kier alpha value is -3.93. The van der Waals surface area contributed by atoms with Gasteiger partial charge in [0.2, 0.25) is 5.95 Å². The van der Waals surface area contributed by atoms with Gasteiger partial charge in [-0.2, -0.15) is 4.98 Å². The minimum Gasteiger partial charge on any atom is -0.478 e. The molecule has 132 valence electrons. The smallest absolute Gasteiger partial charge is 0.335 e. The van der Waals surface area contributed by atoms with Crippen LogP contribution in [0, 0.1) is 0 Å². The minimum atomic E-state index is -0.982. The van der Waals surface area contributed by atoms with Crippen molar-refractivity contribution in [2.45, 2.75) is 0 Å². The zero-order valence-electron chi connectivity index (χ0n) is 14.3. The van der Waals surface area contributed by atoms with E-state index in [0.29, 0.717) is 17.5 Å². The zero-order chi connectivity index (χ0) is 18.6. The lowest BCUT2D eigenvalue weighted by Gasteiger charge is -2.12. The van der Waals surface area contributed by atoms with E-state index >= 15 is 0 Å². The van der Waals surface area contributed by atoms with Gasteiger partial charge in [-0.15, -0.1) is 0 Å². The van der Waals surface area contributed by atoms with Gasteiger partial charge in [-0.25, -0.2) is 9.78 Å². The Morgan fingerprint density at radius 1 is 0.778 bits per heavy atom. The highest BCUT2D eigenvalue weighted by Crippen LogP contribution is 2.26. The van der Waals surface area contributed by atoms with E-state index in [2.05, 4.69) is 20.6 Å². The highest BCUT2D eigenvalue weighted by atomic mass is 16.4. The molecule has 0 bridgehead atoms. The van der Waals surface area contributed by atoms with E-state index < -0.39 is 5.97 Å². The molecule has 0 aliphatic carbocycles. The molecular formula is C21H16N4O2. The Kier molecular flexibility index (Phi) is 4.37. The summed E-state index contributed by atoms with van der Waals surface area (Å²) in [4.78, 5) is 20.3. The lowest BCUT2D eigenvalue weighted by Crippen LogP contribution is -2.03. The number of carboxylic acid groups (broad SMARTS) is 1. The van der Waals surface area contributed by atoms with Crippen LogP contribution >= 0.6 is 0 Å². The fourth-order valence-corrected chi connectivity index (χ4v) is 2.75. The Morgan fingerprint density at radius 2 is 1.52 bits per heavy atom. The van der Waals surface area contributed by atoms with Gasteiger partial charge in [0.25, 0.3) is 0 Å². The van der Waals surface area contributed by atoms with Crippen molar-refractivity contribution in [1.82, 2.24) is 9.97 Å². The number of hydrogen-bond acceptors (Lipinski definition) is 5. The van der Waals surface area contributed by atoms with Crippen LogP contribution in [-0.4, -0.2) is 21.0 Å². The van der Waals surface area contributed by atoms with Gasteiger partial charge in [0, 0.05) is 16.8 Å². The number of rotatable bonds is 5. The number of carboxylic acids is 1. The highest BCUT2D eigenvalue weighted by molar-refractivity contribution is 5.92. The van der Waals surface area contributed by atoms with Crippen molar-refractivity contribution in [2.24, 2.45) is 0 Å². The van der Waals surface area contributed by atoms with Crippen molar-refractivity contribution in [3.05, 3.63) is 84.4 Å². The summed E-state index contributed by atoms with van der Waals surface area (Å²) in [5.74, 6) is 0.0721. The molecule has 27 heavy (non-hydrogen) atoms. The number of benzene rings is 3. The standard InChI is InChI=1S/C21H16N4O2/c26-20(27)14-7-6-10-16(13-14)23-21-24-18-12-5-4-11-17(18)19(25-21)22-15-8-2-1-3-9-15/h1-13H,(H,26,27)(H2,22,23,24,25). The summed E-state index contributed by atoms with van der Waals surface area (Å²) in [5, 5.41) is 16.5. The van der Waals surface area contributed by atoms with Crippen molar-refractivity contribution in [3.8, 4) is 0 Å². The number of hydrogen-bond donors (Lipinski definition) is 3. The Morgan fingerprint density at radius 3 is 2.33 bits per heavy atom. The molecule has 0 unspecified atom stereocenters. The fourth-order valence-electron chi connectivity index (χ4n) is 2.75. The number of fused-ring (bicyclic) bond motifs is 1. The molecule has 0 fully saturated rings. The second-order valence-corrected chi connectivity index (χ2v) is 5.91. The van der Waals surface area contributed by atoms with E-state index in [0.717, 1.165) is 16.6 Å². The van der Waals surface area contributed by atoms with Crippen molar-refractivity contribution >= 4 is 40.0 Å². The third-order valence-electron chi connectivity index (χ3n) is 4.01. The van der Waals surface area contributed by atoms with Crippen molar-refractivity contribution < 1.29 is 9.90 Å². The third-order valence-corrected chi connectivity index (χ3v) is 4.01. The van der Waals surface area contributed by atoms with Gasteiger partial charge >= 0.3 is 5.97 Å². The maximum Gasteiger partial charge on any atom is 0.335 e. The number of aromatic nitrogens is 2. The van der Waals surface area contributed by atoms with Gasteiger partial charge in [0.1, 0.15) is 5.82 Å². The highest BCUT2D eigenvalue weighted by Gasteiger charge is 2.09. The molecule has 6 heteroatoms. The van der Waals surface area contributed by atoms with Gasteiger partial charge in [-0.3, -0.25) is 0 Å². The first-order valence-corrected chi connectivity index (χ1v) is 8.38. The summed E-state index contributed by atoms with van der Waals surface area (Å²) < 4.78 is 0. The van der Waals surface area contributed by atoms with E-state index in [1.165, 1.54) is 6.07 Å². The molecule has 4 aromatic rings. The molecule has 6 nitrogen and oxygen atoms in total. The molecule has 0 amide bonds. The van der Waals surface area contributed by atoms with Crippen molar-refractivity contribution in [2.75, 3.05) is 10.6 Å². The summed E-state index contributed by atoms with van der Waals surface area (Å²) in [7, 11) is 0. The van der Waals surface area contributed by atoms with Crippen molar-refractivity contribution in [1.29, 1.82) is 0 Å². The molecule has 0 radical (unpaired) electrons. The summed E-state index contributed by atoms with van der Waals surface area (Å²) in [5.41, 5.74) is 2.50. The number of para-hydroxylation sites is 2. The topological polar surface area (TPSA) is 87.1 Å². The van der Waals surface area contributed by atoms with Crippen LogP contribution in [0.15, 0.2) is 78.9 Å². The molecule has 0 spiro atoms. The van der Waals surface area contributed by atoms with Crippen molar-refractivity contribution in [3.63, 3.8) is 0 Å². The van der Waals surface area contributed by atoms with Gasteiger partial charge in [0.05, 0.1) is 11.1 Å². The second-order valence-electron chi connectivity index (χ2n) is 5.91.